The first-order valence-electron chi connectivity index (χ1n) is 5.47. The molecule has 17 heavy (non-hydrogen) atoms. The van der Waals surface area contributed by atoms with Gasteiger partial charge >= 0.3 is 14.7 Å². The molecule has 0 saturated carbocycles. The Labute approximate surface area is 102 Å². The van der Waals surface area contributed by atoms with Gasteiger partial charge in [0.25, 0.3) is 0 Å². The van der Waals surface area contributed by atoms with E-state index in [1.54, 1.807) is 0 Å². The molecule has 0 atom stereocenters. The molecule has 5 heteroatoms. The van der Waals surface area contributed by atoms with Gasteiger partial charge < -0.3 is 4.74 Å². The number of unbranched alkanes of at least 4 members (excludes halogenated alkanes) is 1. The van der Waals surface area contributed by atoms with Crippen LogP contribution >= 0.6 is 8.69 Å². The van der Waals surface area contributed by atoms with Crippen molar-refractivity contribution in [3.8, 4) is 0 Å². The average Bonchev–Trinajstić information content (AvgIpc) is 2.37. The van der Waals surface area contributed by atoms with Crippen molar-refractivity contribution in [2.75, 3.05) is 6.61 Å². The minimum Gasteiger partial charge on any atom is -0.461 e. The van der Waals surface area contributed by atoms with E-state index in [-0.39, 0.29) is 14.7 Å². The fourth-order valence-corrected chi connectivity index (χ4v) is 1.49. The average molecular weight is 254 g/mol. The van der Waals surface area contributed by atoms with E-state index in [2.05, 4.69) is 4.52 Å². The van der Waals surface area contributed by atoms with E-state index in [1.165, 1.54) is 0 Å². The topological polar surface area (TPSA) is 52.6 Å². The number of carbonyl (C=O) groups is 1. The lowest BCUT2D eigenvalue weighted by molar-refractivity contribution is -0.145. The van der Waals surface area contributed by atoms with E-state index >= 15 is 0 Å². The van der Waals surface area contributed by atoms with E-state index in [0.29, 0.717) is 32.5 Å². The molecular weight excluding hydrogens is 239 g/mol. The molecule has 0 heterocycles. The van der Waals surface area contributed by atoms with Crippen molar-refractivity contribution >= 4 is 14.7 Å². The molecule has 0 aliphatic rings. The number of hydrogen-bond donors (Lipinski definition) is 0. The molecule has 1 rings (SSSR count). The predicted octanol–water partition coefficient (Wildman–Crippen LogP) is 3.12. The molecule has 0 aliphatic heterocycles. The second kappa shape index (κ2) is 8.85. The molecule has 0 aliphatic carbocycles. The van der Waals surface area contributed by atoms with Gasteiger partial charge in [-0.15, -0.1) is 0 Å². The van der Waals surface area contributed by atoms with Gasteiger partial charge in [0.15, 0.2) is 0 Å². The van der Waals surface area contributed by atoms with Gasteiger partial charge in [-0.05, 0) is 18.4 Å². The number of rotatable bonds is 8. The van der Waals surface area contributed by atoms with Crippen LogP contribution in [0.3, 0.4) is 0 Å². The molecule has 0 N–H and O–H groups in total. The highest BCUT2D eigenvalue weighted by molar-refractivity contribution is 7.17. The molecule has 1 aromatic carbocycles. The first-order valence-corrected chi connectivity index (χ1v) is 6.20. The van der Waals surface area contributed by atoms with Gasteiger partial charge in [-0.3, -0.25) is 9.32 Å². The van der Waals surface area contributed by atoms with Crippen LogP contribution in [0.15, 0.2) is 30.3 Å². The Morgan fingerprint density at radius 2 is 1.94 bits per heavy atom. The molecule has 0 spiro atoms. The molecule has 0 amide bonds. The number of ether oxygens (including phenoxy) is 1. The summed E-state index contributed by atoms with van der Waals surface area (Å²) in [6.45, 7) is 0.715. The van der Waals surface area contributed by atoms with Gasteiger partial charge in [0.05, 0.1) is 6.61 Å². The predicted molar refractivity (Wildman–Crippen MR) is 63.6 cm³/mol. The van der Waals surface area contributed by atoms with Crippen LogP contribution in [-0.4, -0.2) is 12.6 Å². The number of esters is 1. The maximum absolute atomic E-state index is 11.3. The fourth-order valence-electron chi connectivity index (χ4n) is 1.28. The Morgan fingerprint density at radius 1 is 1.18 bits per heavy atom. The zero-order chi connectivity index (χ0) is 12.3. The highest BCUT2D eigenvalue weighted by atomic mass is 31.1. The molecular formula is C12H15O4P. The van der Waals surface area contributed by atoms with E-state index < -0.39 is 0 Å². The SMILES string of the molecule is O=POCCCCC(=O)OCc1ccccc1. The summed E-state index contributed by atoms with van der Waals surface area (Å²) in [5, 5.41) is 0. The van der Waals surface area contributed by atoms with Gasteiger partial charge in [-0.1, -0.05) is 30.3 Å². The van der Waals surface area contributed by atoms with Crippen LogP contribution in [0.4, 0.5) is 0 Å². The molecule has 0 aromatic heterocycles. The summed E-state index contributed by atoms with van der Waals surface area (Å²) >= 11 is 0. The van der Waals surface area contributed by atoms with Crippen LogP contribution in [0.2, 0.25) is 0 Å². The van der Waals surface area contributed by atoms with Crippen LogP contribution in [0, 0.1) is 0 Å². The van der Waals surface area contributed by atoms with Crippen LogP contribution < -0.4 is 0 Å². The first-order chi connectivity index (χ1) is 8.33. The maximum Gasteiger partial charge on any atom is 0.327 e. The largest absolute Gasteiger partial charge is 0.461 e. The van der Waals surface area contributed by atoms with Crippen molar-refractivity contribution < 1.29 is 18.6 Å². The Hall–Kier alpha value is -1.25. The second-order valence-corrected chi connectivity index (χ2v) is 3.92. The van der Waals surface area contributed by atoms with Crippen molar-refractivity contribution in [3.05, 3.63) is 35.9 Å². The van der Waals surface area contributed by atoms with Crippen molar-refractivity contribution in [1.29, 1.82) is 0 Å². The summed E-state index contributed by atoms with van der Waals surface area (Å²) in [6, 6.07) is 9.55. The minimum atomic E-state index is -0.310. The molecule has 0 saturated heterocycles. The van der Waals surface area contributed by atoms with Crippen LogP contribution in [-0.2, 0) is 25.2 Å². The van der Waals surface area contributed by atoms with Crippen LogP contribution in [0.5, 0.6) is 0 Å². The molecule has 0 fully saturated rings. The van der Waals surface area contributed by atoms with E-state index in [0.717, 1.165) is 5.56 Å². The van der Waals surface area contributed by atoms with Gasteiger partial charge in [0.2, 0.25) is 0 Å². The third-order valence-corrected chi connectivity index (χ3v) is 2.45. The van der Waals surface area contributed by atoms with Gasteiger partial charge in [-0.2, -0.15) is 0 Å². The third kappa shape index (κ3) is 6.82. The highest BCUT2D eigenvalue weighted by Crippen LogP contribution is 2.05. The maximum atomic E-state index is 11.3. The van der Waals surface area contributed by atoms with Crippen molar-refractivity contribution in [2.45, 2.75) is 25.9 Å². The summed E-state index contributed by atoms with van der Waals surface area (Å²) in [7, 11) is -0.310. The van der Waals surface area contributed by atoms with Gasteiger partial charge in [0.1, 0.15) is 6.61 Å². The smallest absolute Gasteiger partial charge is 0.327 e. The lowest BCUT2D eigenvalue weighted by Gasteiger charge is -2.04. The number of benzene rings is 1. The molecule has 0 unspecified atom stereocenters. The molecule has 0 bridgehead atoms. The van der Waals surface area contributed by atoms with Crippen molar-refractivity contribution in [3.63, 3.8) is 0 Å². The Balaban J connectivity index is 2.07. The normalized spacial score (nSPS) is 10.4. The summed E-state index contributed by atoms with van der Waals surface area (Å²) < 4.78 is 19.6. The summed E-state index contributed by atoms with van der Waals surface area (Å²) in [5.74, 6) is -0.214. The molecule has 4 nitrogen and oxygen atoms in total. The van der Waals surface area contributed by atoms with Crippen molar-refractivity contribution in [2.24, 2.45) is 0 Å². The van der Waals surface area contributed by atoms with Crippen LogP contribution in [0.1, 0.15) is 24.8 Å². The van der Waals surface area contributed by atoms with Crippen LogP contribution in [0.25, 0.3) is 0 Å². The minimum absolute atomic E-state index is 0.214. The second-order valence-electron chi connectivity index (χ2n) is 3.51. The molecule has 1 aromatic rings. The number of hydrogen-bond acceptors (Lipinski definition) is 4. The number of carbonyl (C=O) groups excluding carboxylic acids is 1. The quantitative estimate of drug-likeness (QED) is 0.406. The lowest BCUT2D eigenvalue weighted by Crippen LogP contribution is -2.04. The summed E-state index contributed by atoms with van der Waals surface area (Å²) in [5.41, 5.74) is 0.981. The standard InChI is InChI=1S/C12H15O4P/c13-12(8-4-5-9-16-17-14)15-10-11-6-2-1-3-7-11/h1-3,6-7H,4-5,8-10H2. The lowest BCUT2D eigenvalue weighted by atomic mass is 10.2. The summed E-state index contributed by atoms with van der Waals surface area (Å²) in [4.78, 5) is 11.3. The zero-order valence-electron chi connectivity index (χ0n) is 9.50. The molecule has 0 radical (unpaired) electrons. The zero-order valence-corrected chi connectivity index (χ0v) is 10.4. The van der Waals surface area contributed by atoms with E-state index in [4.69, 9.17) is 4.74 Å². The van der Waals surface area contributed by atoms with Gasteiger partial charge in [-0.25, -0.2) is 4.57 Å². The van der Waals surface area contributed by atoms with Crippen molar-refractivity contribution in [1.82, 2.24) is 0 Å². The fraction of sp³-hybridized carbons (Fsp3) is 0.417. The third-order valence-electron chi connectivity index (χ3n) is 2.16. The summed E-state index contributed by atoms with van der Waals surface area (Å²) in [6.07, 6.45) is 1.75. The first kappa shape index (κ1) is 13.8. The van der Waals surface area contributed by atoms with E-state index in [9.17, 15) is 9.36 Å². The van der Waals surface area contributed by atoms with Gasteiger partial charge in [0, 0.05) is 6.42 Å². The molecule has 92 valence electrons. The van der Waals surface area contributed by atoms with E-state index in [1.807, 2.05) is 30.3 Å². The Morgan fingerprint density at radius 3 is 2.65 bits per heavy atom. The monoisotopic (exact) mass is 254 g/mol. The Kier molecular flexibility index (Phi) is 7.19. The highest BCUT2D eigenvalue weighted by Gasteiger charge is 2.02. The Bertz CT molecular complexity index is 340.